The summed E-state index contributed by atoms with van der Waals surface area (Å²) in [4.78, 5) is 10.8. The van der Waals surface area contributed by atoms with Gasteiger partial charge in [0.15, 0.2) is 0 Å². The fourth-order valence-corrected chi connectivity index (χ4v) is 3.11. The van der Waals surface area contributed by atoms with Crippen molar-refractivity contribution in [1.82, 2.24) is 30.0 Å². The molecule has 6 heteroatoms. The lowest BCUT2D eigenvalue weighted by Crippen LogP contribution is -2.35. The molecule has 0 aliphatic carbocycles. The topological polar surface area (TPSA) is 58.9 Å². The van der Waals surface area contributed by atoms with Gasteiger partial charge >= 0.3 is 0 Å². The van der Waals surface area contributed by atoms with Gasteiger partial charge in [-0.05, 0) is 32.4 Å². The van der Waals surface area contributed by atoms with E-state index in [1.54, 1.807) is 6.33 Å². The number of rotatable bonds is 5. The average Bonchev–Trinajstić information content (AvgIpc) is 2.78. The normalized spacial score (nSPS) is 19.3. The number of hydrogen-bond donors (Lipinski definition) is 1. The fourth-order valence-electron chi connectivity index (χ4n) is 3.11. The monoisotopic (exact) mass is 300 g/mol. The second-order valence-corrected chi connectivity index (χ2v) is 6.01. The summed E-state index contributed by atoms with van der Waals surface area (Å²) in [6, 6.07) is 0.593. The summed E-state index contributed by atoms with van der Waals surface area (Å²) in [5.41, 5.74) is 2.43. The van der Waals surface area contributed by atoms with Gasteiger partial charge in [-0.15, -0.1) is 0 Å². The summed E-state index contributed by atoms with van der Waals surface area (Å²) in [5.74, 6) is 0. The molecule has 1 N–H and O–H groups in total. The quantitative estimate of drug-likeness (QED) is 0.903. The predicted octanol–water partition coefficient (Wildman–Crippen LogP) is 1.35. The molecule has 2 aromatic heterocycles. The Bertz CT molecular complexity index is 559. The van der Waals surface area contributed by atoms with Gasteiger partial charge in [0.25, 0.3) is 0 Å². The van der Waals surface area contributed by atoms with Crippen molar-refractivity contribution in [3.8, 4) is 0 Å². The summed E-state index contributed by atoms with van der Waals surface area (Å²) >= 11 is 0. The summed E-state index contributed by atoms with van der Waals surface area (Å²) < 4.78 is 1.87. The number of aromatic nitrogens is 4. The molecule has 0 aromatic carbocycles. The van der Waals surface area contributed by atoms with Gasteiger partial charge in [-0.2, -0.15) is 5.10 Å². The number of nitrogens with one attached hydrogen (secondary N) is 1. The molecule has 6 nitrogen and oxygen atoms in total. The van der Waals surface area contributed by atoms with E-state index in [2.05, 4.69) is 31.5 Å². The van der Waals surface area contributed by atoms with Gasteiger partial charge in [-0.3, -0.25) is 9.58 Å². The molecule has 1 aliphatic rings. The van der Waals surface area contributed by atoms with Crippen molar-refractivity contribution in [3.63, 3.8) is 0 Å². The van der Waals surface area contributed by atoms with Crippen LogP contribution in [0.25, 0.3) is 0 Å². The third kappa shape index (κ3) is 4.11. The zero-order valence-corrected chi connectivity index (χ0v) is 13.1. The molecule has 0 amide bonds. The van der Waals surface area contributed by atoms with E-state index < -0.39 is 0 Å². The van der Waals surface area contributed by atoms with Crippen LogP contribution in [0.1, 0.15) is 30.4 Å². The van der Waals surface area contributed by atoms with Gasteiger partial charge in [0.1, 0.15) is 6.33 Å². The zero-order chi connectivity index (χ0) is 15.2. The van der Waals surface area contributed by atoms with E-state index in [1.165, 1.54) is 30.4 Å². The second kappa shape index (κ2) is 7.47. The molecule has 1 aliphatic heterocycles. The summed E-state index contributed by atoms with van der Waals surface area (Å²) in [5, 5.41) is 7.79. The van der Waals surface area contributed by atoms with Crippen LogP contribution in [0.3, 0.4) is 0 Å². The van der Waals surface area contributed by atoms with Crippen molar-refractivity contribution in [3.05, 3.63) is 42.2 Å². The zero-order valence-electron chi connectivity index (χ0n) is 13.1. The van der Waals surface area contributed by atoms with Gasteiger partial charge in [0.05, 0.1) is 6.20 Å². The molecule has 22 heavy (non-hydrogen) atoms. The van der Waals surface area contributed by atoms with E-state index in [0.717, 1.165) is 26.2 Å². The maximum absolute atomic E-state index is 4.29. The fraction of sp³-hybridized carbons (Fsp3) is 0.562. The average molecular weight is 300 g/mol. The van der Waals surface area contributed by atoms with Crippen molar-refractivity contribution in [1.29, 1.82) is 0 Å². The van der Waals surface area contributed by atoms with Gasteiger partial charge in [0.2, 0.25) is 0 Å². The molecule has 0 saturated carbocycles. The van der Waals surface area contributed by atoms with Crippen molar-refractivity contribution in [2.24, 2.45) is 7.05 Å². The minimum Gasteiger partial charge on any atom is -0.317 e. The smallest absolute Gasteiger partial charge is 0.115 e. The molecule has 1 saturated heterocycles. The lowest BCUT2D eigenvalue weighted by Gasteiger charge is -2.30. The first-order valence-electron chi connectivity index (χ1n) is 7.97. The van der Waals surface area contributed by atoms with Crippen LogP contribution in [0.5, 0.6) is 0 Å². The molecule has 2 aromatic rings. The Balaban J connectivity index is 1.74. The Labute approximate surface area is 131 Å². The van der Waals surface area contributed by atoms with Crippen molar-refractivity contribution in [2.75, 3.05) is 13.1 Å². The highest BCUT2D eigenvalue weighted by Crippen LogP contribution is 2.19. The van der Waals surface area contributed by atoms with Crippen molar-refractivity contribution in [2.45, 2.75) is 38.4 Å². The van der Waals surface area contributed by atoms with Gasteiger partial charge < -0.3 is 5.32 Å². The summed E-state index contributed by atoms with van der Waals surface area (Å²) in [7, 11) is 1.97. The predicted molar refractivity (Wildman–Crippen MR) is 85.0 cm³/mol. The SMILES string of the molecule is Cn1cc(CN(Cc2cncnc2)[C@@H]2CCCNCC2)cn1. The van der Waals surface area contributed by atoms with Crippen LogP contribution in [-0.2, 0) is 20.1 Å². The lowest BCUT2D eigenvalue weighted by atomic mass is 10.1. The molecule has 118 valence electrons. The second-order valence-electron chi connectivity index (χ2n) is 6.01. The number of nitrogens with zero attached hydrogens (tertiary/aromatic N) is 5. The molecular formula is C16H24N6. The minimum atomic E-state index is 0.593. The van der Waals surface area contributed by atoms with Crippen molar-refractivity contribution < 1.29 is 0 Å². The van der Waals surface area contributed by atoms with E-state index in [-0.39, 0.29) is 0 Å². The van der Waals surface area contributed by atoms with Crippen LogP contribution in [0.15, 0.2) is 31.1 Å². The molecule has 0 unspecified atom stereocenters. The Morgan fingerprint density at radius 3 is 2.73 bits per heavy atom. The Morgan fingerprint density at radius 1 is 1.14 bits per heavy atom. The van der Waals surface area contributed by atoms with Crippen molar-refractivity contribution >= 4 is 0 Å². The first kappa shape index (κ1) is 15.1. The molecule has 1 atom stereocenters. The Kier molecular flexibility index (Phi) is 5.13. The van der Waals surface area contributed by atoms with Crippen LogP contribution in [0.4, 0.5) is 0 Å². The number of aryl methyl sites for hydroxylation is 1. The van der Waals surface area contributed by atoms with E-state index in [9.17, 15) is 0 Å². The molecule has 0 bridgehead atoms. The maximum atomic E-state index is 4.29. The first-order chi connectivity index (χ1) is 10.8. The van der Waals surface area contributed by atoms with Crippen LogP contribution in [0.2, 0.25) is 0 Å². The largest absolute Gasteiger partial charge is 0.317 e. The number of hydrogen-bond acceptors (Lipinski definition) is 5. The van der Waals surface area contributed by atoms with Gasteiger partial charge in [-0.1, -0.05) is 0 Å². The van der Waals surface area contributed by atoms with E-state index in [4.69, 9.17) is 0 Å². The Hall–Kier alpha value is -1.79. The first-order valence-corrected chi connectivity index (χ1v) is 7.97. The molecular weight excluding hydrogens is 276 g/mol. The van der Waals surface area contributed by atoms with E-state index >= 15 is 0 Å². The minimum absolute atomic E-state index is 0.593. The van der Waals surface area contributed by atoms with E-state index in [0.29, 0.717) is 6.04 Å². The van der Waals surface area contributed by atoms with Crippen LogP contribution < -0.4 is 5.32 Å². The van der Waals surface area contributed by atoms with E-state index in [1.807, 2.05) is 30.3 Å². The van der Waals surface area contributed by atoms with Gasteiger partial charge in [-0.25, -0.2) is 9.97 Å². The summed E-state index contributed by atoms with van der Waals surface area (Å²) in [6.45, 7) is 4.04. The molecule has 0 spiro atoms. The maximum Gasteiger partial charge on any atom is 0.115 e. The standard InChI is InChI=1S/C16H24N6/c1-21-10-15(9-20-21)12-22(11-14-7-18-13-19-8-14)16-3-2-5-17-6-4-16/h7-10,13,16-17H,2-6,11-12H2,1H3/t16-/m1/s1. The third-order valence-electron chi connectivity index (χ3n) is 4.21. The Morgan fingerprint density at radius 2 is 1.95 bits per heavy atom. The highest BCUT2D eigenvalue weighted by Gasteiger charge is 2.21. The molecule has 3 heterocycles. The molecule has 1 fully saturated rings. The molecule has 0 radical (unpaired) electrons. The highest BCUT2D eigenvalue weighted by molar-refractivity contribution is 5.07. The van der Waals surface area contributed by atoms with Crippen LogP contribution >= 0.6 is 0 Å². The van der Waals surface area contributed by atoms with Crippen LogP contribution in [0, 0.1) is 0 Å². The molecule has 3 rings (SSSR count). The third-order valence-corrected chi connectivity index (χ3v) is 4.21. The lowest BCUT2D eigenvalue weighted by molar-refractivity contribution is 0.164. The summed E-state index contributed by atoms with van der Waals surface area (Å²) in [6.07, 6.45) is 13.1. The highest BCUT2D eigenvalue weighted by atomic mass is 15.2. The van der Waals surface area contributed by atoms with Gasteiger partial charge in [0, 0.05) is 55.9 Å². The van der Waals surface area contributed by atoms with Crippen LogP contribution in [-0.4, -0.2) is 43.8 Å².